The number of amides is 2. The molecule has 2 heterocycles. The predicted molar refractivity (Wildman–Crippen MR) is 105 cm³/mol. The van der Waals surface area contributed by atoms with Gasteiger partial charge in [-0.25, -0.2) is 4.90 Å². The molecule has 1 aromatic carbocycles. The van der Waals surface area contributed by atoms with E-state index in [9.17, 15) is 9.59 Å². The number of hydrogen-bond donors (Lipinski definition) is 1. The zero-order valence-corrected chi connectivity index (χ0v) is 16.7. The van der Waals surface area contributed by atoms with Crippen LogP contribution in [-0.4, -0.2) is 56.2 Å². The van der Waals surface area contributed by atoms with E-state index in [2.05, 4.69) is 6.92 Å². The molecule has 0 aliphatic carbocycles. The van der Waals surface area contributed by atoms with Gasteiger partial charge in [0, 0.05) is 17.6 Å². The summed E-state index contributed by atoms with van der Waals surface area (Å²) in [5, 5.41) is 8.82. The van der Waals surface area contributed by atoms with Crippen LogP contribution in [0.5, 0.6) is 0 Å². The van der Waals surface area contributed by atoms with Crippen LogP contribution in [0.3, 0.4) is 0 Å². The summed E-state index contributed by atoms with van der Waals surface area (Å²) in [7, 11) is 0. The molecule has 1 unspecified atom stereocenters. The molecule has 1 saturated heterocycles. The number of ether oxygens (including phenoxy) is 3. The SMILES string of the molecule is CCC1(COCCOC(C)O)COC1.Cc1ccc(N2C(=O)C=CC2=O)cc1. The number of nitrogens with zero attached hydrogens (tertiary/aromatic N) is 1. The maximum Gasteiger partial charge on any atom is 0.258 e. The molecule has 0 saturated carbocycles. The highest BCUT2D eigenvalue weighted by molar-refractivity contribution is 6.28. The second-order valence-electron chi connectivity index (χ2n) is 7.05. The molecule has 3 rings (SSSR count). The Balaban J connectivity index is 0.000000200. The summed E-state index contributed by atoms with van der Waals surface area (Å²) in [5.41, 5.74) is 1.96. The number of hydrogen-bond acceptors (Lipinski definition) is 6. The van der Waals surface area contributed by atoms with Gasteiger partial charge in [-0.15, -0.1) is 0 Å². The molecule has 0 spiro atoms. The largest absolute Gasteiger partial charge is 0.380 e. The van der Waals surface area contributed by atoms with Crippen molar-refractivity contribution < 1.29 is 28.9 Å². The van der Waals surface area contributed by atoms with Gasteiger partial charge < -0.3 is 19.3 Å². The maximum atomic E-state index is 11.3. The van der Waals surface area contributed by atoms with Gasteiger partial charge >= 0.3 is 0 Å². The summed E-state index contributed by atoms with van der Waals surface area (Å²) >= 11 is 0. The standard InChI is InChI=1S/C11H9NO2.C10H20O4/c1-8-2-4-9(5-3-8)12-10(13)6-7-11(12)14;1-3-10(7-13-8-10)6-12-4-5-14-9(2)11/h2-7H,1H3;9,11H,3-8H2,1-2H3. The second kappa shape index (κ2) is 10.5. The highest BCUT2D eigenvalue weighted by atomic mass is 16.6. The Hall–Kier alpha value is -2.06. The Bertz CT molecular complexity index is 655. The van der Waals surface area contributed by atoms with Gasteiger partial charge in [-0.1, -0.05) is 24.6 Å². The van der Waals surface area contributed by atoms with E-state index < -0.39 is 6.29 Å². The lowest BCUT2D eigenvalue weighted by atomic mass is 9.84. The van der Waals surface area contributed by atoms with Crippen LogP contribution in [0.1, 0.15) is 25.8 Å². The molecule has 7 heteroatoms. The van der Waals surface area contributed by atoms with Gasteiger partial charge in [0.15, 0.2) is 6.29 Å². The fourth-order valence-corrected chi connectivity index (χ4v) is 2.70. The zero-order chi connectivity index (χ0) is 20.6. The van der Waals surface area contributed by atoms with Crippen molar-refractivity contribution in [3.05, 3.63) is 42.0 Å². The Morgan fingerprint density at radius 3 is 2.21 bits per heavy atom. The smallest absolute Gasteiger partial charge is 0.258 e. The van der Waals surface area contributed by atoms with Gasteiger partial charge in [-0.3, -0.25) is 9.59 Å². The van der Waals surface area contributed by atoms with E-state index in [0.717, 1.165) is 36.7 Å². The number of carbonyl (C=O) groups excluding carboxylic acids is 2. The van der Waals surface area contributed by atoms with Crippen molar-refractivity contribution in [3.8, 4) is 0 Å². The zero-order valence-electron chi connectivity index (χ0n) is 16.7. The quantitative estimate of drug-likeness (QED) is 0.415. The van der Waals surface area contributed by atoms with Crippen LogP contribution in [0.2, 0.25) is 0 Å². The van der Waals surface area contributed by atoms with Gasteiger partial charge in [-0.2, -0.15) is 0 Å². The molecule has 1 aromatic rings. The van der Waals surface area contributed by atoms with Crippen molar-refractivity contribution in [1.82, 2.24) is 0 Å². The summed E-state index contributed by atoms with van der Waals surface area (Å²) in [6.07, 6.45) is 2.94. The van der Waals surface area contributed by atoms with Crippen LogP contribution < -0.4 is 4.90 Å². The van der Waals surface area contributed by atoms with Crippen LogP contribution in [0.4, 0.5) is 5.69 Å². The van der Waals surface area contributed by atoms with Crippen molar-refractivity contribution >= 4 is 17.5 Å². The average molecular weight is 391 g/mol. The number of anilines is 1. The number of aliphatic hydroxyl groups excluding tert-OH is 1. The Kier molecular flexibility index (Phi) is 8.32. The third-order valence-corrected chi connectivity index (χ3v) is 4.66. The van der Waals surface area contributed by atoms with E-state index >= 15 is 0 Å². The summed E-state index contributed by atoms with van der Waals surface area (Å²) in [6, 6.07) is 7.26. The van der Waals surface area contributed by atoms with Crippen molar-refractivity contribution in [2.45, 2.75) is 33.5 Å². The minimum atomic E-state index is -0.703. The molecule has 154 valence electrons. The fourth-order valence-electron chi connectivity index (χ4n) is 2.70. The van der Waals surface area contributed by atoms with Crippen LogP contribution in [0, 0.1) is 12.3 Å². The third-order valence-electron chi connectivity index (χ3n) is 4.66. The molecular formula is C21H29NO6. The summed E-state index contributed by atoms with van der Waals surface area (Å²) in [5.74, 6) is -0.558. The maximum absolute atomic E-state index is 11.3. The Labute approximate surface area is 165 Å². The molecular weight excluding hydrogens is 362 g/mol. The van der Waals surface area contributed by atoms with E-state index in [1.54, 1.807) is 19.1 Å². The van der Waals surface area contributed by atoms with Crippen molar-refractivity contribution in [2.24, 2.45) is 5.41 Å². The lowest BCUT2D eigenvalue weighted by molar-refractivity contribution is -0.159. The molecule has 1 atom stereocenters. The van der Waals surface area contributed by atoms with Gasteiger partial charge in [0.05, 0.1) is 38.7 Å². The van der Waals surface area contributed by atoms with Gasteiger partial charge in [0.2, 0.25) is 0 Å². The predicted octanol–water partition coefficient (Wildman–Crippen LogP) is 2.21. The molecule has 2 amide bonds. The van der Waals surface area contributed by atoms with E-state index in [1.165, 1.54) is 12.2 Å². The number of benzene rings is 1. The first-order valence-electron chi connectivity index (χ1n) is 9.45. The van der Waals surface area contributed by atoms with Crippen LogP contribution in [0.15, 0.2) is 36.4 Å². The highest BCUT2D eigenvalue weighted by Gasteiger charge is 2.36. The van der Waals surface area contributed by atoms with Crippen molar-refractivity contribution in [2.75, 3.05) is 37.9 Å². The van der Waals surface area contributed by atoms with Crippen LogP contribution in [-0.2, 0) is 23.8 Å². The van der Waals surface area contributed by atoms with Crippen molar-refractivity contribution in [3.63, 3.8) is 0 Å². The van der Waals surface area contributed by atoms with E-state index in [4.69, 9.17) is 19.3 Å². The molecule has 1 N–H and O–H groups in total. The minimum Gasteiger partial charge on any atom is -0.380 e. The highest BCUT2D eigenvalue weighted by Crippen LogP contribution is 2.31. The molecule has 28 heavy (non-hydrogen) atoms. The molecule has 2 aliphatic heterocycles. The topological polar surface area (TPSA) is 85.3 Å². The van der Waals surface area contributed by atoms with E-state index in [-0.39, 0.29) is 17.2 Å². The fraction of sp³-hybridized carbons (Fsp3) is 0.524. The summed E-state index contributed by atoms with van der Waals surface area (Å²) in [4.78, 5) is 23.7. The summed E-state index contributed by atoms with van der Waals surface area (Å²) in [6.45, 7) is 9.01. The first-order chi connectivity index (χ1) is 13.4. The molecule has 0 aromatic heterocycles. The first-order valence-corrected chi connectivity index (χ1v) is 9.45. The van der Waals surface area contributed by atoms with E-state index in [1.807, 2.05) is 19.1 Å². The number of aryl methyl sites for hydroxylation is 1. The lowest BCUT2D eigenvalue weighted by Gasteiger charge is -2.40. The third kappa shape index (κ3) is 6.24. The Morgan fingerprint density at radius 1 is 1.14 bits per heavy atom. The molecule has 1 fully saturated rings. The van der Waals surface area contributed by atoms with Crippen LogP contribution >= 0.6 is 0 Å². The average Bonchev–Trinajstić information content (AvgIpc) is 2.96. The lowest BCUT2D eigenvalue weighted by Crippen LogP contribution is -2.45. The molecule has 2 aliphatic rings. The normalized spacial score (nSPS) is 18.5. The molecule has 7 nitrogen and oxygen atoms in total. The molecule has 0 radical (unpaired) electrons. The van der Waals surface area contributed by atoms with E-state index in [0.29, 0.717) is 18.9 Å². The van der Waals surface area contributed by atoms with Gasteiger partial charge in [0.25, 0.3) is 11.8 Å². The minimum absolute atomic E-state index is 0.241. The van der Waals surface area contributed by atoms with Crippen LogP contribution in [0.25, 0.3) is 0 Å². The number of rotatable bonds is 8. The summed E-state index contributed by atoms with van der Waals surface area (Å²) < 4.78 is 15.6. The van der Waals surface area contributed by atoms with Gasteiger partial charge in [-0.05, 0) is 32.4 Å². The first kappa shape index (κ1) is 22.2. The van der Waals surface area contributed by atoms with Crippen molar-refractivity contribution in [1.29, 1.82) is 0 Å². The number of carbonyl (C=O) groups is 2. The monoisotopic (exact) mass is 391 g/mol. The Morgan fingerprint density at radius 2 is 1.75 bits per heavy atom. The number of aliphatic hydroxyl groups is 1. The van der Waals surface area contributed by atoms with Gasteiger partial charge in [0.1, 0.15) is 0 Å². The molecule has 0 bridgehead atoms. The second-order valence-corrected chi connectivity index (χ2v) is 7.05. The number of imide groups is 1.